The second-order valence-electron chi connectivity index (χ2n) is 10.2. The van der Waals surface area contributed by atoms with E-state index in [0.29, 0.717) is 39.1 Å². The van der Waals surface area contributed by atoms with Crippen LogP contribution >= 0.6 is 45.8 Å². The molecule has 1 unspecified atom stereocenters. The molecule has 0 aromatic heterocycles. The normalized spacial score (nSPS) is 18.1. The van der Waals surface area contributed by atoms with Crippen molar-refractivity contribution in [3.63, 3.8) is 0 Å². The molecule has 7 nitrogen and oxygen atoms in total. The summed E-state index contributed by atoms with van der Waals surface area (Å²) in [6, 6.07) is 17.2. The molecule has 1 saturated heterocycles. The largest absolute Gasteiger partial charge is 0.398 e. The van der Waals surface area contributed by atoms with Gasteiger partial charge in [0.2, 0.25) is 0 Å². The maximum atomic E-state index is 14.5. The summed E-state index contributed by atoms with van der Waals surface area (Å²) < 4.78 is 0.923. The van der Waals surface area contributed by atoms with Crippen LogP contribution in [-0.2, 0) is 11.3 Å². The van der Waals surface area contributed by atoms with Crippen LogP contribution in [0.25, 0.3) is 0 Å². The lowest BCUT2D eigenvalue weighted by Crippen LogP contribution is -2.44. The van der Waals surface area contributed by atoms with Gasteiger partial charge >= 0.3 is 0 Å². The van der Waals surface area contributed by atoms with Crippen LogP contribution in [0.4, 0.5) is 11.4 Å². The Labute approximate surface area is 258 Å². The summed E-state index contributed by atoms with van der Waals surface area (Å²) in [5.41, 5.74) is 9.35. The second-order valence-corrected chi connectivity index (χ2v) is 12.3. The molecule has 0 spiro atoms. The number of fused-ring (bicyclic) bond motifs is 1. The monoisotopic (exact) mass is 691 g/mol. The number of nitrogens with zero attached hydrogens (tertiary/aromatic N) is 3. The van der Waals surface area contributed by atoms with Crippen molar-refractivity contribution in [1.29, 1.82) is 0 Å². The Balaban J connectivity index is 1.51. The molecule has 3 aromatic carbocycles. The SMILES string of the molecule is Nc1cc(Cl)ccc1CN1C(=O)c2cc(I)ccc2N(CCCCN2CCNCC2)C(=O)C1c1ccc(Cl)cc1. The standard InChI is InChI=1S/C30H32Cl2IN5O2/c31-22-6-3-20(4-7-22)28-30(40)37(14-2-1-13-36-15-11-35-12-16-36)27-10-9-24(33)18-25(27)29(39)38(28)19-21-5-8-23(32)17-26(21)34/h3-10,17-18,28,35H,1-2,11-16,19,34H2. The van der Waals surface area contributed by atoms with Gasteiger partial charge in [-0.15, -0.1) is 0 Å². The van der Waals surface area contributed by atoms with Crippen molar-refractivity contribution < 1.29 is 9.59 Å². The average Bonchev–Trinajstić information content (AvgIpc) is 3.02. The summed E-state index contributed by atoms with van der Waals surface area (Å²) in [5.74, 6) is -0.371. The molecule has 1 atom stereocenters. The Morgan fingerprint density at radius 2 is 1.60 bits per heavy atom. The fourth-order valence-corrected chi connectivity index (χ4v) is 6.18. The van der Waals surface area contributed by atoms with Crippen LogP contribution in [0.15, 0.2) is 60.7 Å². The van der Waals surface area contributed by atoms with Crippen LogP contribution in [0.2, 0.25) is 10.0 Å². The fraction of sp³-hybridized carbons (Fsp3) is 0.333. The van der Waals surface area contributed by atoms with Gasteiger partial charge < -0.3 is 25.8 Å². The predicted octanol–water partition coefficient (Wildman–Crippen LogP) is 5.60. The van der Waals surface area contributed by atoms with Crippen molar-refractivity contribution in [3.8, 4) is 0 Å². The van der Waals surface area contributed by atoms with Crippen molar-refractivity contribution >= 4 is 69.0 Å². The Morgan fingerprint density at radius 3 is 2.33 bits per heavy atom. The van der Waals surface area contributed by atoms with Gasteiger partial charge in [-0.05, 0) is 95.6 Å². The molecule has 10 heteroatoms. The number of piperazine rings is 1. The lowest BCUT2D eigenvalue weighted by molar-refractivity contribution is -0.123. The number of unbranched alkanes of at least 4 members (excludes halogenated alkanes) is 1. The van der Waals surface area contributed by atoms with E-state index in [1.165, 1.54) is 0 Å². The molecule has 0 bridgehead atoms. The van der Waals surface area contributed by atoms with Crippen LogP contribution in [0.3, 0.4) is 0 Å². The van der Waals surface area contributed by atoms with Gasteiger partial charge in [0.15, 0.2) is 0 Å². The highest BCUT2D eigenvalue weighted by atomic mass is 127. The zero-order chi connectivity index (χ0) is 28.2. The quantitative estimate of drug-likeness (QED) is 0.183. The third-order valence-corrected chi connectivity index (χ3v) is 8.66. The summed E-state index contributed by atoms with van der Waals surface area (Å²) >= 11 is 14.6. The molecule has 2 heterocycles. The molecule has 3 N–H and O–H groups in total. The van der Waals surface area contributed by atoms with E-state index < -0.39 is 6.04 Å². The van der Waals surface area contributed by atoms with Crippen LogP contribution in [-0.4, -0.2) is 60.9 Å². The maximum absolute atomic E-state index is 14.5. The first-order valence-corrected chi connectivity index (χ1v) is 15.3. The van der Waals surface area contributed by atoms with Crippen molar-refractivity contribution in [2.45, 2.75) is 25.4 Å². The van der Waals surface area contributed by atoms with Gasteiger partial charge in [-0.1, -0.05) is 41.4 Å². The van der Waals surface area contributed by atoms with E-state index in [0.717, 1.165) is 54.7 Å². The summed E-state index contributed by atoms with van der Waals surface area (Å²) in [6.07, 6.45) is 1.79. The number of carbonyl (C=O) groups is 2. The van der Waals surface area contributed by atoms with Crippen LogP contribution in [0.5, 0.6) is 0 Å². The number of nitrogens with one attached hydrogen (secondary N) is 1. The third kappa shape index (κ3) is 6.57. The molecular weight excluding hydrogens is 660 g/mol. The van der Waals surface area contributed by atoms with Crippen molar-refractivity contribution in [3.05, 3.63) is 91.0 Å². The minimum Gasteiger partial charge on any atom is -0.398 e. The van der Waals surface area contributed by atoms with Crippen LogP contribution in [0.1, 0.15) is 40.4 Å². The highest BCUT2D eigenvalue weighted by molar-refractivity contribution is 14.1. The number of anilines is 2. The molecule has 0 aliphatic carbocycles. The van der Waals surface area contributed by atoms with E-state index in [4.69, 9.17) is 28.9 Å². The summed E-state index contributed by atoms with van der Waals surface area (Å²) in [6.45, 7) is 5.77. The van der Waals surface area contributed by atoms with Gasteiger partial charge in [-0.25, -0.2) is 0 Å². The van der Waals surface area contributed by atoms with Crippen molar-refractivity contribution in [2.75, 3.05) is 49.9 Å². The molecule has 5 rings (SSSR count). The Kier molecular flexibility index (Phi) is 9.53. The zero-order valence-corrected chi connectivity index (χ0v) is 25.8. The number of nitrogens with two attached hydrogens (primary N) is 1. The van der Waals surface area contributed by atoms with E-state index in [1.807, 2.05) is 36.4 Å². The Hall–Kier alpha value is -2.37. The van der Waals surface area contributed by atoms with E-state index in [2.05, 4.69) is 32.8 Å². The van der Waals surface area contributed by atoms with Gasteiger partial charge in [0.1, 0.15) is 6.04 Å². The molecule has 40 heavy (non-hydrogen) atoms. The van der Waals surface area contributed by atoms with Gasteiger partial charge in [-0.2, -0.15) is 0 Å². The summed E-state index contributed by atoms with van der Waals surface area (Å²) in [7, 11) is 0. The zero-order valence-electron chi connectivity index (χ0n) is 22.1. The van der Waals surface area contributed by atoms with E-state index in [1.54, 1.807) is 34.1 Å². The average molecular weight is 692 g/mol. The second kappa shape index (κ2) is 13.1. The molecule has 210 valence electrons. The number of halogens is 3. The minimum atomic E-state index is -0.849. The first-order valence-electron chi connectivity index (χ1n) is 13.5. The van der Waals surface area contributed by atoms with E-state index >= 15 is 0 Å². The fourth-order valence-electron chi connectivity index (χ4n) is 5.38. The smallest absolute Gasteiger partial charge is 0.257 e. The van der Waals surface area contributed by atoms with Gasteiger partial charge in [0.25, 0.3) is 11.8 Å². The van der Waals surface area contributed by atoms with Gasteiger partial charge in [0, 0.05) is 58.6 Å². The number of carbonyl (C=O) groups excluding carboxylic acids is 2. The molecule has 2 aliphatic heterocycles. The first-order chi connectivity index (χ1) is 19.3. The van der Waals surface area contributed by atoms with Crippen LogP contribution in [0, 0.1) is 3.57 Å². The first kappa shape index (κ1) is 29.1. The van der Waals surface area contributed by atoms with Crippen LogP contribution < -0.4 is 16.0 Å². The molecular formula is C30H32Cl2IN5O2. The molecule has 3 aromatic rings. The number of nitrogen functional groups attached to an aromatic ring is 1. The highest BCUT2D eigenvalue weighted by Gasteiger charge is 2.40. The lowest BCUT2D eigenvalue weighted by Gasteiger charge is -2.32. The van der Waals surface area contributed by atoms with E-state index in [-0.39, 0.29) is 18.4 Å². The van der Waals surface area contributed by atoms with Gasteiger partial charge in [0.05, 0.1) is 11.3 Å². The molecule has 0 saturated carbocycles. The predicted molar refractivity (Wildman–Crippen MR) is 170 cm³/mol. The topological polar surface area (TPSA) is 81.9 Å². The van der Waals surface area contributed by atoms with Crippen molar-refractivity contribution in [1.82, 2.24) is 15.1 Å². The molecule has 2 amide bonds. The van der Waals surface area contributed by atoms with Gasteiger partial charge in [-0.3, -0.25) is 9.59 Å². The number of amides is 2. The lowest BCUT2D eigenvalue weighted by atomic mass is 10.0. The summed E-state index contributed by atoms with van der Waals surface area (Å²) in [5, 5.41) is 4.46. The minimum absolute atomic E-state index is 0.148. The number of benzene rings is 3. The molecule has 2 aliphatic rings. The highest BCUT2D eigenvalue weighted by Crippen LogP contribution is 2.37. The van der Waals surface area contributed by atoms with Crippen molar-refractivity contribution in [2.24, 2.45) is 0 Å². The van der Waals surface area contributed by atoms with E-state index in [9.17, 15) is 9.59 Å². The Bertz CT molecular complexity index is 1380. The molecule has 1 fully saturated rings. The molecule has 0 radical (unpaired) electrons. The maximum Gasteiger partial charge on any atom is 0.257 e. The third-order valence-electron chi connectivity index (χ3n) is 7.50. The number of hydrogen-bond donors (Lipinski definition) is 2. The number of hydrogen-bond acceptors (Lipinski definition) is 5. The Morgan fingerprint density at radius 1 is 0.900 bits per heavy atom. The summed E-state index contributed by atoms with van der Waals surface area (Å²) in [4.78, 5) is 34.7. The number of rotatable bonds is 8.